The molecule has 17 heavy (non-hydrogen) atoms. The Morgan fingerprint density at radius 1 is 1.53 bits per heavy atom. The van der Waals surface area contributed by atoms with Crippen molar-refractivity contribution in [2.45, 2.75) is 19.9 Å². The van der Waals surface area contributed by atoms with Gasteiger partial charge >= 0.3 is 0 Å². The first-order valence-corrected chi connectivity index (χ1v) is 5.77. The van der Waals surface area contributed by atoms with Crippen LogP contribution in [-0.2, 0) is 11.3 Å². The van der Waals surface area contributed by atoms with Crippen LogP contribution in [0.1, 0.15) is 13.3 Å². The first kappa shape index (κ1) is 13.7. The van der Waals surface area contributed by atoms with Crippen molar-refractivity contribution in [2.75, 3.05) is 31.7 Å². The van der Waals surface area contributed by atoms with Crippen molar-refractivity contribution < 1.29 is 9.84 Å². The number of hydrogen-bond acceptors (Lipinski definition) is 5. The number of anilines is 1. The SMILES string of the molecule is CCCn1ccnc(NCCOCCO)c1=O. The lowest BCUT2D eigenvalue weighted by molar-refractivity contribution is 0.0991. The lowest BCUT2D eigenvalue weighted by Crippen LogP contribution is -2.25. The van der Waals surface area contributed by atoms with E-state index >= 15 is 0 Å². The minimum Gasteiger partial charge on any atom is -0.394 e. The molecule has 0 fully saturated rings. The van der Waals surface area contributed by atoms with E-state index < -0.39 is 0 Å². The zero-order valence-electron chi connectivity index (χ0n) is 10.1. The van der Waals surface area contributed by atoms with Gasteiger partial charge in [-0.15, -0.1) is 0 Å². The van der Waals surface area contributed by atoms with Gasteiger partial charge in [-0.05, 0) is 6.42 Å². The molecule has 1 rings (SSSR count). The molecule has 0 atom stereocenters. The molecule has 2 N–H and O–H groups in total. The Morgan fingerprint density at radius 3 is 3.06 bits per heavy atom. The molecule has 0 aromatic carbocycles. The molecule has 6 nitrogen and oxygen atoms in total. The van der Waals surface area contributed by atoms with Gasteiger partial charge in [0.05, 0.1) is 19.8 Å². The highest BCUT2D eigenvalue weighted by atomic mass is 16.5. The molecule has 96 valence electrons. The van der Waals surface area contributed by atoms with Gasteiger partial charge in [-0.1, -0.05) is 6.92 Å². The first-order chi connectivity index (χ1) is 8.29. The van der Waals surface area contributed by atoms with E-state index in [1.807, 2.05) is 6.92 Å². The Hall–Kier alpha value is -1.40. The van der Waals surface area contributed by atoms with Crippen LogP contribution in [0.15, 0.2) is 17.2 Å². The molecule has 1 heterocycles. The number of rotatable bonds is 8. The van der Waals surface area contributed by atoms with E-state index in [-0.39, 0.29) is 12.2 Å². The molecule has 0 aliphatic heterocycles. The van der Waals surface area contributed by atoms with E-state index in [4.69, 9.17) is 9.84 Å². The molecule has 1 aromatic rings. The molecule has 0 radical (unpaired) electrons. The van der Waals surface area contributed by atoms with Crippen molar-refractivity contribution in [3.63, 3.8) is 0 Å². The van der Waals surface area contributed by atoms with E-state index in [1.165, 1.54) is 0 Å². The zero-order valence-corrected chi connectivity index (χ0v) is 10.1. The maximum atomic E-state index is 11.8. The fraction of sp³-hybridized carbons (Fsp3) is 0.636. The molecule has 0 amide bonds. The maximum Gasteiger partial charge on any atom is 0.293 e. The summed E-state index contributed by atoms with van der Waals surface area (Å²) < 4.78 is 6.70. The van der Waals surface area contributed by atoms with Gasteiger partial charge < -0.3 is 19.7 Å². The molecule has 0 bridgehead atoms. The maximum absolute atomic E-state index is 11.8. The minimum atomic E-state index is -0.114. The number of aliphatic hydroxyl groups is 1. The van der Waals surface area contributed by atoms with Crippen LogP contribution in [0.3, 0.4) is 0 Å². The minimum absolute atomic E-state index is 0.00684. The van der Waals surface area contributed by atoms with Crippen LogP contribution >= 0.6 is 0 Å². The average molecular weight is 241 g/mol. The molecule has 0 aliphatic carbocycles. The van der Waals surface area contributed by atoms with E-state index in [9.17, 15) is 4.79 Å². The molecule has 1 aromatic heterocycles. The van der Waals surface area contributed by atoms with Crippen LogP contribution in [0.4, 0.5) is 5.82 Å². The summed E-state index contributed by atoms with van der Waals surface area (Å²) >= 11 is 0. The number of aryl methyl sites for hydroxylation is 1. The topological polar surface area (TPSA) is 76.4 Å². The van der Waals surface area contributed by atoms with Gasteiger partial charge in [0.25, 0.3) is 5.56 Å². The number of ether oxygens (including phenoxy) is 1. The van der Waals surface area contributed by atoms with Crippen molar-refractivity contribution in [3.05, 3.63) is 22.7 Å². The van der Waals surface area contributed by atoms with Crippen LogP contribution in [0.2, 0.25) is 0 Å². The number of nitrogens with one attached hydrogen (secondary N) is 1. The van der Waals surface area contributed by atoms with Gasteiger partial charge in [0.1, 0.15) is 0 Å². The second-order valence-corrected chi connectivity index (χ2v) is 3.54. The lowest BCUT2D eigenvalue weighted by Gasteiger charge is -2.08. The van der Waals surface area contributed by atoms with Crippen molar-refractivity contribution >= 4 is 5.82 Å². The van der Waals surface area contributed by atoms with Gasteiger partial charge in [0.2, 0.25) is 0 Å². The van der Waals surface area contributed by atoms with Crippen molar-refractivity contribution in [1.29, 1.82) is 0 Å². The van der Waals surface area contributed by atoms with Crippen molar-refractivity contribution in [1.82, 2.24) is 9.55 Å². The Labute approximate surface area is 100 Å². The van der Waals surface area contributed by atoms with E-state index in [2.05, 4.69) is 10.3 Å². The summed E-state index contributed by atoms with van der Waals surface area (Å²) in [7, 11) is 0. The predicted molar refractivity (Wildman–Crippen MR) is 65.2 cm³/mol. The molecule has 0 saturated heterocycles. The van der Waals surface area contributed by atoms with Gasteiger partial charge in [0, 0.05) is 25.5 Å². The smallest absolute Gasteiger partial charge is 0.293 e. The molecule has 0 saturated carbocycles. The summed E-state index contributed by atoms with van der Waals surface area (Å²) in [6.45, 7) is 3.96. The number of aliphatic hydroxyl groups excluding tert-OH is 1. The van der Waals surface area contributed by atoms with Gasteiger partial charge in [0.15, 0.2) is 5.82 Å². The summed E-state index contributed by atoms with van der Waals surface area (Å²) in [6, 6.07) is 0. The Bertz CT molecular complexity index is 378. The Morgan fingerprint density at radius 2 is 2.35 bits per heavy atom. The monoisotopic (exact) mass is 241 g/mol. The fourth-order valence-corrected chi connectivity index (χ4v) is 1.39. The summed E-state index contributed by atoms with van der Waals surface area (Å²) in [5.74, 6) is 0.341. The van der Waals surface area contributed by atoms with E-state index in [1.54, 1.807) is 17.0 Å². The van der Waals surface area contributed by atoms with Crippen LogP contribution < -0.4 is 10.9 Å². The third-order valence-electron chi connectivity index (χ3n) is 2.15. The van der Waals surface area contributed by atoms with Gasteiger partial charge in [-0.2, -0.15) is 0 Å². The van der Waals surface area contributed by atoms with Crippen molar-refractivity contribution in [2.24, 2.45) is 0 Å². The third kappa shape index (κ3) is 4.54. The molecule has 0 spiro atoms. The zero-order chi connectivity index (χ0) is 12.5. The second-order valence-electron chi connectivity index (χ2n) is 3.54. The van der Waals surface area contributed by atoms with Gasteiger partial charge in [-0.25, -0.2) is 4.98 Å². The third-order valence-corrected chi connectivity index (χ3v) is 2.15. The van der Waals surface area contributed by atoms with Crippen LogP contribution in [0.5, 0.6) is 0 Å². The standard InChI is InChI=1S/C11H19N3O3/c1-2-5-14-6-3-12-10(11(14)16)13-4-8-17-9-7-15/h3,6,15H,2,4-5,7-9H2,1H3,(H,12,13). The summed E-state index contributed by atoms with van der Waals surface area (Å²) in [4.78, 5) is 15.8. The second kappa shape index (κ2) is 7.81. The molecular weight excluding hydrogens is 222 g/mol. The number of nitrogens with zero attached hydrogens (tertiary/aromatic N) is 2. The molecule has 6 heteroatoms. The molecule has 0 unspecified atom stereocenters. The molecule has 0 aliphatic rings. The van der Waals surface area contributed by atoms with E-state index in [0.717, 1.165) is 6.42 Å². The summed E-state index contributed by atoms with van der Waals surface area (Å²) in [5.41, 5.74) is -0.114. The largest absolute Gasteiger partial charge is 0.394 e. The average Bonchev–Trinajstić information content (AvgIpc) is 2.33. The highest BCUT2D eigenvalue weighted by Crippen LogP contribution is 1.93. The highest BCUT2D eigenvalue weighted by molar-refractivity contribution is 5.30. The summed E-state index contributed by atoms with van der Waals surface area (Å²) in [6.07, 6.45) is 4.19. The fourth-order valence-electron chi connectivity index (χ4n) is 1.39. The number of aromatic nitrogens is 2. The predicted octanol–water partition coefficient (Wildman–Crippen LogP) is 0.0741. The molecular formula is C11H19N3O3. The quantitative estimate of drug-likeness (QED) is 0.630. The summed E-state index contributed by atoms with van der Waals surface area (Å²) in [5, 5.41) is 11.4. The van der Waals surface area contributed by atoms with Crippen LogP contribution in [0.25, 0.3) is 0 Å². The number of hydrogen-bond donors (Lipinski definition) is 2. The normalized spacial score (nSPS) is 10.5. The Kier molecular flexibility index (Phi) is 6.27. The lowest BCUT2D eigenvalue weighted by atomic mass is 10.4. The van der Waals surface area contributed by atoms with Crippen LogP contribution in [-0.4, -0.2) is 41.0 Å². The van der Waals surface area contributed by atoms with Crippen molar-refractivity contribution in [3.8, 4) is 0 Å². The van der Waals surface area contributed by atoms with E-state index in [0.29, 0.717) is 32.1 Å². The van der Waals surface area contributed by atoms with Gasteiger partial charge in [-0.3, -0.25) is 4.79 Å². The Balaban J connectivity index is 2.48. The highest BCUT2D eigenvalue weighted by Gasteiger charge is 2.02. The first-order valence-electron chi connectivity index (χ1n) is 5.77. The van der Waals surface area contributed by atoms with Crippen LogP contribution in [0, 0.1) is 0 Å².